The zero-order valence-electron chi connectivity index (χ0n) is 11.3. The Morgan fingerprint density at radius 2 is 2.00 bits per heavy atom. The van der Waals surface area contributed by atoms with E-state index >= 15 is 0 Å². The first-order valence-electron chi connectivity index (χ1n) is 7.06. The number of sulfonamides is 1. The van der Waals surface area contributed by atoms with Gasteiger partial charge >= 0.3 is 0 Å². The van der Waals surface area contributed by atoms with Crippen molar-refractivity contribution in [1.29, 1.82) is 0 Å². The molecule has 2 aliphatic heterocycles. The Morgan fingerprint density at radius 1 is 1.26 bits per heavy atom. The molecule has 0 amide bonds. The van der Waals surface area contributed by atoms with Crippen LogP contribution in [0.2, 0.25) is 0 Å². The molecule has 1 atom stereocenters. The van der Waals surface area contributed by atoms with Crippen molar-refractivity contribution in [1.82, 2.24) is 9.62 Å². The topological polar surface area (TPSA) is 78.9 Å². The van der Waals surface area contributed by atoms with Crippen LogP contribution < -0.4 is 5.32 Å². The lowest BCUT2D eigenvalue weighted by molar-refractivity contribution is 0.00306. The van der Waals surface area contributed by atoms with Gasteiger partial charge in [-0.1, -0.05) is 0 Å². The fourth-order valence-corrected chi connectivity index (χ4v) is 4.69. The van der Waals surface area contributed by atoms with Crippen LogP contribution in [0.15, 0.2) is 0 Å². The molecule has 7 heteroatoms. The smallest absolute Gasteiger partial charge is 0.218 e. The summed E-state index contributed by atoms with van der Waals surface area (Å²) in [6, 6.07) is 0. The third kappa shape index (κ3) is 3.88. The normalized spacial score (nSPS) is 27.5. The third-order valence-corrected chi connectivity index (χ3v) is 6.21. The van der Waals surface area contributed by atoms with E-state index < -0.39 is 10.0 Å². The number of hydrogen-bond acceptors (Lipinski definition) is 5. The third-order valence-electron chi connectivity index (χ3n) is 3.88. The molecular weight excluding hydrogens is 268 g/mol. The van der Waals surface area contributed by atoms with E-state index in [1.165, 1.54) is 0 Å². The summed E-state index contributed by atoms with van der Waals surface area (Å²) in [5.74, 6) is 0. The highest BCUT2D eigenvalue weighted by molar-refractivity contribution is 7.89. The summed E-state index contributed by atoms with van der Waals surface area (Å²) < 4.78 is 32.0. The van der Waals surface area contributed by atoms with Gasteiger partial charge in [0.05, 0.1) is 24.6 Å². The standard InChI is InChI=1S/C12H24N2O4S/c15-8-9-18-11-3-6-14(7-4-11)19(16,17)12-2-1-5-13-10-12/h11-13,15H,1-10H2. The molecule has 2 saturated heterocycles. The van der Waals surface area contributed by atoms with Gasteiger partial charge in [0.1, 0.15) is 0 Å². The minimum absolute atomic E-state index is 0.0201. The second-order valence-electron chi connectivity index (χ2n) is 5.21. The van der Waals surface area contributed by atoms with Gasteiger partial charge in [-0.15, -0.1) is 0 Å². The minimum atomic E-state index is -3.16. The molecule has 2 rings (SSSR count). The molecule has 0 aromatic carbocycles. The maximum Gasteiger partial charge on any atom is 0.218 e. The molecule has 0 aromatic heterocycles. The maximum absolute atomic E-state index is 12.5. The van der Waals surface area contributed by atoms with Crippen molar-refractivity contribution in [3.8, 4) is 0 Å². The van der Waals surface area contributed by atoms with Gasteiger partial charge in [-0.2, -0.15) is 0 Å². The van der Waals surface area contributed by atoms with Gasteiger partial charge in [0.25, 0.3) is 0 Å². The Morgan fingerprint density at radius 3 is 2.58 bits per heavy atom. The lowest BCUT2D eigenvalue weighted by Crippen LogP contribution is -2.49. The number of hydrogen-bond donors (Lipinski definition) is 2. The average Bonchev–Trinajstić information content (AvgIpc) is 2.46. The van der Waals surface area contributed by atoms with Gasteiger partial charge in [0.15, 0.2) is 0 Å². The molecule has 0 spiro atoms. The van der Waals surface area contributed by atoms with Crippen LogP contribution in [0.4, 0.5) is 0 Å². The number of nitrogens with zero attached hydrogens (tertiary/aromatic N) is 1. The summed E-state index contributed by atoms with van der Waals surface area (Å²) in [5.41, 5.74) is 0. The molecule has 2 heterocycles. The van der Waals surface area contributed by atoms with Crippen molar-refractivity contribution in [3.63, 3.8) is 0 Å². The molecule has 2 fully saturated rings. The lowest BCUT2D eigenvalue weighted by atomic mass is 10.1. The Bertz CT molecular complexity index is 360. The highest BCUT2D eigenvalue weighted by atomic mass is 32.2. The number of rotatable bonds is 5. The predicted octanol–water partition coefficient (Wildman–Crippen LogP) is -0.458. The predicted molar refractivity (Wildman–Crippen MR) is 72.4 cm³/mol. The SMILES string of the molecule is O=S(=O)(C1CCCNC1)N1CCC(OCCO)CC1. The van der Waals surface area contributed by atoms with E-state index in [9.17, 15) is 8.42 Å². The van der Waals surface area contributed by atoms with E-state index in [-0.39, 0.29) is 18.0 Å². The van der Waals surface area contributed by atoms with Crippen LogP contribution in [0, 0.1) is 0 Å². The summed E-state index contributed by atoms with van der Waals surface area (Å²) in [4.78, 5) is 0. The first kappa shape index (κ1) is 15.2. The quantitative estimate of drug-likeness (QED) is 0.717. The summed E-state index contributed by atoms with van der Waals surface area (Å²) in [5, 5.41) is 11.6. The summed E-state index contributed by atoms with van der Waals surface area (Å²) in [7, 11) is -3.16. The van der Waals surface area contributed by atoms with Crippen LogP contribution in [0.25, 0.3) is 0 Å². The van der Waals surface area contributed by atoms with E-state index in [4.69, 9.17) is 9.84 Å². The summed E-state index contributed by atoms with van der Waals surface area (Å²) in [6.45, 7) is 2.92. The molecule has 112 valence electrons. The van der Waals surface area contributed by atoms with Crippen LogP contribution in [0.1, 0.15) is 25.7 Å². The molecule has 0 aliphatic carbocycles. The summed E-state index contributed by atoms with van der Waals surface area (Å²) >= 11 is 0. The Hall–Kier alpha value is -0.210. The fourth-order valence-electron chi connectivity index (χ4n) is 2.76. The van der Waals surface area contributed by atoms with Gasteiger partial charge in [0, 0.05) is 19.6 Å². The van der Waals surface area contributed by atoms with E-state index in [1.54, 1.807) is 4.31 Å². The van der Waals surface area contributed by atoms with E-state index in [0.29, 0.717) is 26.2 Å². The lowest BCUT2D eigenvalue weighted by Gasteiger charge is -2.34. The average molecular weight is 292 g/mol. The molecule has 0 saturated carbocycles. The first-order chi connectivity index (χ1) is 9.14. The van der Waals surface area contributed by atoms with E-state index in [0.717, 1.165) is 32.2 Å². The van der Waals surface area contributed by atoms with Crippen LogP contribution in [0.3, 0.4) is 0 Å². The fraction of sp³-hybridized carbons (Fsp3) is 1.00. The van der Waals surface area contributed by atoms with Crippen molar-refractivity contribution in [2.24, 2.45) is 0 Å². The van der Waals surface area contributed by atoms with Gasteiger partial charge in [-0.3, -0.25) is 0 Å². The molecule has 0 aromatic rings. The number of piperidine rings is 2. The Kier molecular flexibility index (Phi) is 5.58. The molecule has 6 nitrogen and oxygen atoms in total. The number of aliphatic hydroxyl groups excluding tert-OH is 1. The van der Waals surface area contributed by atoms with Crippen molar-refractivity contribution in [3.05, 3.63) is 0 Å². The number of ether oxygens (including phenoxy) is 1. The first-order valence-corrected chi connectivity index (χ1v) is 8.57. The molecule has 19 heavy (non-hydrogen) atoms. The van der Waals surface area contributed by atoms with Crippen molar-refractivity contribution in [2.45, 2.75) is 37.0 Å². The van der Waals surface area contributed by atoms with Gasteiger partial charge in [-0.25, -0.2) is 12.7 Å². The zero-order chi connectivity index (χ0) is 13.7. The van der Waals surface area contributed by atoms with Crippen LogP contribution in [-0.4, -0.2) is 68.6 Å². The van der Waals surface area contributed by atoms with Gasteiger partial charge in [-0.05, 0) is 32.2 Å². The van der Waals surface area contributed by atoms with Crippen LogP contribution in [-0.2, 0) is 14.8 Å². The molecular formula is C12H24N2O4S. The molecule has 1 unspecified atom stereocenters. The molecule has 0 bridgehead atoms. The highest BCUT2D eigenvalue weighted by Crippen LogP contribution is 2.22. The summed E-state index contributed by atoms with van der Waals surface area (Å²) in [6.07, 6.45) is 3.22. The Labute approximate surface area is 115 Å². The second kappa shape index (κ2) is 6.99. The molecule has 2 aliphatic rings. The molecule has 0 radical (unpaired) electrons. The van der Waals surface area contributed by atoms with Crippen molar-refractivity contribution >= 4 is 10.0 Å². The second-order valence-corrected chi connectivity index (χ2v) is 7.42. The van der Waals surface area contributed by atoms with E-state index in [1.807, 2.05) is 0 Å². The monoisotopic (exact) mass is 292 g/mol. The van der Waals surface area contributed by atoms with Crippen LogP contribution in [0.5, 0.6) is 0 Å². The highest BCUT2D eigenvalue weighted by Gasteiger charge is 2.35. The van der Waals surface area contributed by atoms with E-state index in [2.05, 4.69) is 5.32 Å². The van der Waals surface area contributed by atoms with Crippen LogP contribution >= 0.6 is 0 Å². The number of aliphatic hydroxyl groups is 1. The minimum Gasteiger partial charge on any atom is -0.394 e. The molecule has 2 N–H and O–H groups in total. The van der Waals surface area contributed by atoms with Crippen molar-refractivity contribution < 1.29 is 18.3 Å². The maximum atomic E-state index is 12.5. The number of nitrogens with one attached hydrogen (secondary N) is 1. The van der Waals surface area contributed by atoms with Gasteiger partial charge < -0.3 is 15.2 Å². The zero-order valence-corrected chi connectivity index (χ0v) is 12.1. The Balaban J connectivity index is 1.85. The van der Waals surface area contributed by atoms with Gasteiger partial charge in [0.2, 0.25) is 10.0 Å². The largest absolute Gasteiger partial charge is 0.394 e. The van der Waals surface area contributed by atoms with Crippen molar-refractivity contribution in [2.75, 3.05) is 39.4 Å².